The van der Waals surface area contributed by atoms with E-state index in [9.17, 15) is 19.2 Å². The molecule has 2 rings (SSSR count). The molecule has 0 aliphatic carbocycles. The number of carboxylic acids is 1. The summed E-state index contributed by atoms with van der Waals surface area (Å²) in [5.74, 6) is -2.32. The van der Waals surface area contributed by atoms with Crippen molar-refractivity contribution in [3.8, 4) is 0 Å². The number of nitrogens with zero attached hydrogens (tertiary/aromatic N) is 1. The second-order valence-corrected chi connectivity index (χ2v) is 5.67. The molecule has 1 aromatic carbocycles. The van der Waals surface area contributed by atoms with Crippen LogP contribution in [0.15, 0.2) is 29.2 Å². The van der Waals surface area contributed by atoms with Gasteiger partial charge >= 0.3 is 11.9 Å². The molecule has 0 unspecified atom stereocenters. The Bertz CT molecular complexity index is 709. The van der Waals surface area contributed by atoms with Crippen LogP contribution < -0.4 is 0 Å². The summed E-state index contributed by atoms with van der Waals surface area (Å²) in [6.07, 6.45) is 1.47. The summed E-state index contributed by atoms with van der Waals surface area (Å²) < 4.78 is 4.54. The van der Waals surface area contributed by atoms with Crippen LogP contribution in [0.3, 0.4) is 0 Å². The molecule has 1 saturated heterocycles. The molecule has 0 bridgehead atoms. The number of aromatic carboxylic acids is 1. The van der Waals surface area contributed by atoms with E-state index in [1.54, 1.807) is 0 Å². The first kappa shape index (κ1) is 16.8. The number of ether oxygens (including phenoxy) is 1. The smallest absolute Gasteiger partial charge is 0.335 e. The lowest BCUT2D eigenvalue weighted by Crippen LogP contribution is -2.42. The molecule has 1 atom stereocenters. The predicted molar refractivity (Wildman–Crippen MR) is 82.7 cm³/mol. The Kier molecular flexibility index (Phi) is 4.85. The zero-order valence-electron chi connectivity index (χ0n) is 12.3. The largest absolute Gasteiger partial charge is 0.478 e. The van der Waals surface area contributed by atoms with Crippen molar-refractivity contribution in [3.05, 3.63) is 40.3 Å². The van der Waals surface area contributed by atoms with Gasteiger partial charge in [0.15, 0.2) is 0 Å². The van der Waals surface area contributed by atoms with E-state index in [0.717, 1.165) is 16.7 Å². The van der Waals surface area contributed by atoms with Gasteiger partial charge in [-0.2, -0.15) is 0 Å². The van der Waals surface area contributed by atoms with E-state index in [0.29, 0.717) is 5.56 Å². The summed E-state index contributed by atoms with van der Waals surface area (Å²) in [7, 11) is 1.18. The lowest BCUT2D eigenvalue weighted by molar-refractivity contribution is -0.148. The molecule has 1 heterocycles. The maximum absolute atomic E-state index is 12.3. The quantitative estimate of drug-likeness (QED) is 0.663. The van der Waals surface area contributed by atoms with Gasteiger partial charge in [-0.3, -0.25) is 14.5 Å². The molecule has 0 spiro atoms. The minimum Gasteiger partial charge on any atom is -0.478 e. The number of esters is 1. The number of amides is 2. The van der Waals surface area contributed by atoms with Crippen LogP contribution in [0.4, 0.5) is 4.79 Å². The number of thioether (sulfide) groups is 1. The number of hydrogen-bond donors (Lipinski definition) is 1. The van der Waals surface area contributed by atoms with Crippen molar-refractivity contribution in [2.45, 2.75) is 13.0 Å². The summed E-state index contributed by atoms with van der Waals surface area (Å²) in [6.45, 7) is 1.41. The number of methoxy groups -OCH3 is 1. The third kappa shape index (κ3) is 3.42. The Morgan fingerprint density at radius 3 is 2.39 bits per heavy atom. The Hall–Kier alpha value is -2.61. The average molecular weight is 335 g/mol. The van der Waals surface area contributed by atoms with Gasteiger partial charge in [-0.15, -0.1) is 0 Å². The molecule has 0 aromatic heterocycles. The molecule has 8 heteroatoms. The SMILES string of the molecule is COC(=O)[C@@H](C)N1C(=O)S/C(=C/c2ccc(C(=O)O)cc2)C1=O. The topological polar surface area (TPSA) is 101 Å². The van der Waals surface area contributed by atoms with Crippen molar-refractivity contribution in [1.29, 1.82) is 0 Å². The van der Waals surface area contributed by atoms with E-state index < -0.39 is 29.1 Å². The third-order valence-corrected chi connectivity index (χ3v) is 4.09. The van der Waals surface area contributed by atoms with Crippen LogP contribution in [0.25, 0.3) is 6.08 Å². The molecule has 1 aromatic rings. The lowest BCUT2D eigenvalue weighted by Gasteiger charge is -2.18. The van der Waals surface area contributed by atoms with Crippen molar-refractivity contribution in [1.82, 2.24) is 4.90 Å². The maximum atomic E-state index is 12.3. The minimum atomic E-state index is -1.05. The van der Waals surface area contributed by atoms with Crippen molar-refractivity contribution in [2.75, 3.05) is 7.11 Å². The number of hydrogen-bond acceptors (Lipinski definition) is 6. The second kappa shape index (κ2) is 6.66. The van der Waals surface area contributed by atoms with E-state index in [1.807, 2.05) is 0 Å². The monoisotopic (exact) mass is 335 g/mol. The average Bonchev–Trinajstić information content (AvgIpc) is 2.80. The van der Waals surface area contributed by atoms with E-state index >= 15 is 0 Å². The molecular formula is C15H13NO6S. The van der Waals surface area contributed by atoms with E-state index in [2.05, 4.69) is 4.74 Å². The van der Waals surface area contributed by atoms with Crippen LogP contribution in [0.5, 0.6) is 0 Å². The molecule has 1 aliphatic heterocycles. The van der Waals surface area contributed by atoms with E-state index in [1.165, 1.54) is 44.4 Å². The highest BCUT2D eigenvalue weighted by Gasteiger charge is 2.41. The van der Waals surface area contributed by atoms with E-state index in [4.69, 9.17) is 5.11 Å². The third-order valence-electron chi connectivity index (χ3n) is 3.21. The van der Waals surface area contributed by atoms with Crippen molar-refractivity contribution >= 4 is 40.9 Å². The molecule has 120 valence electrons. The first-order valence-corrected chi connectivity index (χ1v) is 7.35. The van der Waals surface area contributed by atoms with Crippen molar-refractivity contribution < 1.29 is 29.0 Å². The van der Waals surface area contributed by atoms with Crippen molar-refractivity contribution in [2.24, 2.45) is 0 Å². The number of rotatable bonds is 4. The molecule has 2 amide bonds. The van der Waals surface area contributed by atoms with Crippen LogP contribution >= 0.6 is 11.8 Å². The summed E-state index contributed by atoms with van der Waals surface area (Å²) in [6, 6.07) is 4.85. The molecule has 0 saturated carbocycles. The van der Waals surface area contributed by atoms with Crippen LogP contribution in [0.1, 0.15) is 22.8 Å². The fraction of sp³-hybridized carbons (Fsp3) is 0.200. The highest BCUT2D eigenvalue weighted by Crippen LogP contribution is 2.33. The number of carbonyl (C=O) groups is 4. The van der Waals surface area contributed by atoms with Crippen LogP contribution in [0, 0.1) is 0 Å². The molecule has 1 N–H and O–H groups in total. The summed E-state index contributed by atoms with van der Waals surface area (Å²) in [5.41, 5.74) is 0.695. The first-order valence-electron chi connectivity index (χ1n) is 6.53. The number of imide groups is 1. The zero-order valence-corrected chi connectivity index (χ0v) is 13.1. The molecule has 0 radical (unpaired) electrons. The second-order valence-electron chi connectivity index (χ2n) is 4.68. The van der Waals surface area contributed by atoms with Gasteiger partial charge in [-0.1, -0.05) is 12.1 Å². The van der Waals surface area contributed by atoms with Gasteiger partial charge in [-0.25, -0.2) is 9.59 Å². The Labute approximate surface area is 135 Å². The Morgan fingerprint density at radius 2 is 1.87 bits per heavy atom. The number of benzene rings is 1. The lowest BCUT2D eigenvalue weighted by atomic mass is 10.1. The Morgan fingerprint density at radius 1 is 1.26 bits per heavy atom. The normalized spacial score (nSPS) is 17.5. The molecule has 23 heavy (non-hydrogen) atoms. The summed E-state index contributed by atoms with van der Waals surface area (Å²) in [4.78, 5) is 47.5. The number of carbonyl (C=O) groups excluding carboxylic acids is 3. The molecule has 7 nitrogen and oxygen atoms in total. The zero-order chi connectivity index (χ0) is 17.1. The highest BCUT2D eigenvalue weighted by molar-refractivity contribution is 8.18. The van der Waals surface area contributed by atoms with Gasteiger partial charge in [-0.05, 0) is 42.5 Å². The summed E-state index contributed by atoms with van der Waals surface area (Å²) in [5, 5.41) is 8.28. The van der Waals surface area contributed by atoms with Gasteiger partial charge < -0.3 is 9.84 Å². The first-order chi connectivity index (χ1) is 10.8. The highest BCUT2D eigenvalue weighted by atomic mass is 32.2. The fourth-order valence-corrected chi connectivity index (χ4v) is 2.87. The maximum Gasteiger partial charge on any atom is 0.335 e. The van der Waals surface area contributed by atoms with Gasteiger partial charge in [0.25, 0.3) is 11.1 Å². The van der Waals surface area contributed by atoms with Gasteiger partial charge in [0, 0.05) is 0 Å². The Balaban J connectivity index is 2.24. The predicted octanol–water partition coefficient (Wildman–Crippen LogP) is 1.98. The fourth-order valence-electron chi connectivity index (χ4n) is 1.96. The minimum absolute atomic E-state index is 0.120. The van der Waals surface area contributed by atoms with Crippen LogP contribution in [-0.4, -0.2) is 46.2 Å². The van der Waals surface area contributed by atoms with E-state index in [-0.39, 0.29) is 10.5 Å². The molecule has 1 fully saturated rings. The van der Waals surface area contributed by atoms with Gasteiger partial charge in [0.05, 0.1) is 17.6 Å². The van der Waals surface area contributed by atoms with Crippen LogP contribution in [0.2, 0.25) is 0 Å². The van der Waals surface area contributed by atoms with Gasteiger partial charge in [0.2, 0.25) is 0 Å². The number of carboxylic acid groups (broad SMARTS) is 1. The molecule has 1 aliphatic rings. The summed E-state index contributed by atoms with van der Waals surface area (Å²) >= 11 is 0.718. The standard InChI is InChI=1S/C15H13NO6S/c1-8(14(20)22-2)16-12(17)11(23-15(16)21)7-9-3-5-10(6-4-9)13(18)19/h3-8H,1-2H3,(H,18,19)/b11-7+/t8-/m1/s1. The van der Waals surface area contributed by atoms with Crippen molar-refractivity contribution in [3.63, 3.8) is 0 Å². The van der Waals surface area contributed by atoms with Gasteiger partial charge in [0.1, 0.15) is 6.04 Å². The molecular weight excluding hydrogens is 322 g/mol. The van der Waals surface area contributed by atoms with Crippen LogP contribution in [-0.2, 0) is 14.3 Å².